The SMILES string of the molecule is Nc1nc(NC2(C(F)(F)F)CC2)c(F)cc1F. The first-order valence-corrected chi connectivity index (χ1v) is 4.72. The monoisotopic (exact) mass is 253 g/mol. The summed E-state index contributed by atoms with van der Waals surface area (Å²) < 4.78 is 63.7. The van der Waals surface area contributed by atoms with Crippen LogP contribution in [0.2, 0.25) is 0 Å². The second-order valence-electron chi connectivity index (χ2n) is 3.89. The Hall–Kier alpha value is -1.60. The van der Waals surface area contributed by atoms with E-state index in [9.17, 15) is 22.0 Å². The van der Waals surface area contributed by atoms with Crippen LogP contribution in [0.5, 0.6) is 0 Å². The molecule has 94 valence electrons. The van der Waals surface area contributed by atoms with Crippen LogP contribution in [-0.4, -0.2) is 16.7 Å². The Bertz CT molecular complexity index is 453. The van der Waals surface area contributed by atoms with Crippen molar-refractivity contribution < 1.29 is 22.0 Å². The smallest absolute Gasteiger partial charge is 0.381 e. The molecule has 1 aromatic rings. The Kier molecular flexibility index (Phi) is 2.41. The van der Waals surface area contributed by atoms with Crippen molar-refractivity contribution in [3.8, 4) is 0 Å². The lowest BCUT2D eigenvalue weighted by atomic mass is 10.2. The lowest BCUT2D eigenvalue weighted by molar-refractivity contribution is -0.151. The van der Waals surface area contributed by atoms with Gasteiger partial charge in [-0.15, -0.1) is 0 Å². The Morgan fingerprint density at radius 1 is 1.24 bits per heavy atom. The molecule has 1 saturated carbocycles. The Morgan fingerprint density at radius 2 is 1.82 bits per heavy atom. The largest absolute Gasteiger partial charge is 0.411 e. The molecule has 0 atom stereocenters. The summed E-state index contributed by atoms with van der Waals surface area (Å²) in [6, 6.07) is 0.400. The molecule has 3 nitrogen and oxygen atoms in total. The van der Waals surface area contributed by atoms with Gasteiger partial charge in [-0.05, 0) is 12.8 Å². The number of nitrogens with zero attached hydrogens (tertiary/aromatic N) is 1. The fraction of sp³-hybridized carbons (Fsp3) is 0.444. The van der Waals surface area contributed by atoms with E-state index in [1.54, 1.807) is 0 Å². The number of aromatic nitrogens is 1. The first-order valence-electron chi connectivity index (χ1n) is 4.72. The summed E-state index contributed by atoms with van der Waals surface area (Å²) in [6.07, 6.45) is -4.85. The topological polar surface area (TPSA) is 50.9 Å². The maximum absolute atomic E-state index is 13.2. The number of halogens is 5. The molecule has 1 heterocycles. The van der Waals surface area contributed by atoms with Crippen molar-refractivity contribution in [2.75, 3.05) is 11.1 Å². The van der Waals surface area contributed by atoms with Gasteiger partial charge < -0.3 is 11.1 Å². The van der Waals surface area contributed by atoms with Gasteiger partial charge in [0, 0.05) is 6.07 Å². The van der Waals surface area contributed by atoms with Gasteiger partial charge in [-0.3, -0.25) is 0 Å². The fourth-order valence-corrected chi connectivity index (χ4v) is 1.40. The van der Waals surface area contributed by atoms with Crippen LogP contribution >= 0.6 is 0 Å². The zero-order valence-corrected chi connectivity index (χ0v) is 8.41. The second kappa shape index (κ2) is 3.44. The number of alkyl halides is 3. The zero-order chi connectivity index (χ0) is 12.8. The number of hydrogen-bond acceptors (Lipinski definition) is 3. The average Bonchev–Trinajstić information content (AvgIpc) is 2.94. The van der Waals surface area contributed by atoms with Crippen molar-refractivity contribution in [1.29, 1.82) is 0 Å². The Balaban J connectivity index is 2.29. The normalized spacial score (nSPS) is 17.9. The predicted molar refractivity (Wildman–Crippen MR) is 50.2 cm³/mol. The van der Waals surface area contributed by atoms with Gasteiger partial charge in [-0.2, -0.15) is 13.2 Å². The van der Waals surface area contributed by atoms with Gasteiger partial charge in [0.2, 0.25) is 0 Å². The van der Waals surface area contributed by atoms with Crippen molar-refractivity contribution in [3.05, 3.63) is 17.7 Å². The molecule has 2 rings (SSSR count). The van der Waals surface area contributed by atoms with Gasteiger partial charge in [0.25, 0.3) is 0 Å². The molecule has 3 N–H and O–H groups in total. The van der Waals surface area contributed by atoms with Gasteiger partial charge in [0.05, 0.1) is 0 Å². The molecule has 0 aromatic carbocycles. The van der Waals surface area contributed by atoms with E-state index >= 15 is 0 Å². The highest BCUT2D eigenvalue weighted by atomic mass is 19.4. The zero-order valence-electron chi connectivity index (χ0n) is 8.41. The number of nitrogens with two attached hydrogens (primary N) is 1. The van der Waals surface area contributed by atoms with Crippen molar-refractivity contribution in [3.63, 3.8) is 0 Å². The van der Waals surface area contributed by atoms with E-state index in [2.05, 4.69) is 4.98 Å². The maximum Gasteiger partial charge on any atom is 0.411 e. The Morgan fingerprint density at radius 3 is 2.29 bits per heavy atom. The average molecular weight is 253 g/mol. The highest BCUT2D eigenvalue weighted by Crippen LogP contribution is 2.51. The molecule has 1 aromatic heterocycles. The van der Waals surface area contributed by atoms with Gasteiger partial charge in [0.15, 0.2) is 23.3 Å². The van der Waals surface area contributed by atoms with Gasteiger partial charge in [0.1, 0.15) is 5.54 Å². The number of nitrogens with one attached hydrogen (secondary N) is 1. The van der Waals surface area contributed by atoms with Crippen LogP contribution in [0.4, 0.5) is 33.6 Å². The molecule has 0 amide bonds. The Labute approximate surface area is 92.8 Å². The van der Waals surface area contributed by atoms with Crippen LogP contribution in [0.15, 0.2) is 6.07 Å². The number of hydrogen-bond donors (Lipinski definition) is 2. The predicted octanol–water partition coefficient (Wildman–Crippen LogP) is 2.45. The molecule has 17 heavy (non-hydrogen) atoms. The van der Waals surface area contributed by atoms with Crippen LogP contribution in [0.3, 0.4) is 0 Å². The molecule has 0 bridgehead atoms. The molecule has 1 aliphatic carbocycles. The van der Waals surface area contributed by atoms with Gasteiger partial charge >= 0.3 is 6.18 Å². The van der Waals surface area contributed by atoms with E-state index in [-0.39, 0.29) is 12.8 Å². The maximum atomic E-state index is 13.2. The standard InChI is InChI=1S/C9H8F5N3/c10-4-3-5(11)7(16-6(4)15)17-8(1-2-8)9(12,13)14/h3H,1-2H2,(H3,15,16,17). The van der Waals surface area contributed by atoms with E-state index in [1.165, 1.54) is 0 Å². The van der Waals surface area contributed by atoms with E-state index in [4.69, 9.17) is 5.73 Å². The summed E-state index contributed by atoms with van der Waals surface area (Å²) in [7, 11) is 0. The van der Waals surface area contributed by atoms with Crippen molar-refractivity contribution >= 4 is 11.6 Å². The summed E-state index contributed by atoms with van der Waals surface area (Å²) in [5.41, 5.74) is 2.90. The van der Waals surface area contributed by atoms with E-state index in [0.29, 0.717) is 6.07 Å². The van der Waals surface area contributed by atoms with Crippen LogP contribution in [0.1, 0.15) is 12.8 Å². The van der Waals surface area contributed by atoms with Gasteiger partial charge in [-0.1, -0.05) is 0 Å². The minimum absolute atomic E-state index is 0.172. The van der Waals surface area contributed by atoms with Crippen LogP contribution < -0.4 is 11.1 Å². The summed E-state index contributed by atoms with van der Waals surface area (Å²) >= 11 is 0. The molecule has 8 heteroatoms. The molecule has 0 aliphatic heterocycles. The molecular formula is C9H8F5N3. The summed E-state index contributed by atoms with van der Waals surface area (Å²) in [5, 5.41) is 1.95. The molecule has 0 saturated heterocycles. The molecule has 0 spiro atoms. The molecule has 0 unspecified atom stereocenters. The summed E-state index contributed by atoms with van der Waals surface area (Å²) in [4.78, 5) is 3.23. The third-order valence-corrected chi connectivity index (χ3v) is 2.61. The second-order valence-corrected chi connectivity index (χ2v) is 3.89. The fourth-order valence-electron chi connectivity index (χ4n) is 1.40. The van der Waals surface area contributed by atoms with Crippen LogP contribution in [0, 0.1) is 11.6 Å². The van der Waals surface area contributed by atoms with Crippen molar-refractivity contribution in [2.24, 2.45) is 0 Å². The highest BCUT2D eigenvalue weighted by Gasteiger charge is 2.64. The molecular weight excluding hydrogens is 245 g/mol. The van der Waals surface area contributed by atoms with Crippen molar-refractivity contribution in [2.45, 2.75) is 24.6 Å². The lowest BCUT2D eigenvalue weighted by Gasteiger charge is -2.21. The third kappa shape index (κ3) is 1.98. The molecule has 0 radical (unpaired) electrons. The number of pyridine rings is 1. The molecule has 1 fully saturated rings. The third-order valence-electron chi connectivity index (χ3n) is 2.61. The summed E-state index contributed by atoms with van der Waals surface area (Å²) in [5.74, 6) is -3.64. The van der Waals surface area contributed by atoms with Crippen molar-refractivity contribution in [1.82, 2.24) is 4.98 Å². The first-order chi connectivity index (χ1) is 7.75. The lowest BCUT2D eigenvalue weighted by Crippen LogP contribution is -2.39. The summed E-state index contributed by atoms with van der Waals surface area (Å²) in [6.45, 7) is 0. The molecule has 1 aliphatic rings. The minimum Gasteiger partial charge on any atom is -0.381 e. The quantitative estimate of drug-likeness (QED) is 0.796. The van der Waals surface area contributed by atoms with E-state index < -0.39 is 35.0 Å². The number of nitrogen functional groups attached to an aromatic ring is 1. The number of rotatable bonds is 2. The van der Waals surface area contributed by atoms with E-state index in [0.717, 1.165) is 0 Å². The minimum atomic E-state index is -4.51. The first kappa shape index (κ1) is 11.9. The number of anilines is 2. The highest BCUT2D eigenvalue weighted by molar-refractivity contribution is 5.48. The van der Waals surface area contributed by atoms with E-state index in [1.807, 2.05) is 5.32 Å². The van der Waals surface area contributed by atoms with Gasteiger partial charge in [-0.25, -0.2) is 13.8 Å². The van der Waals surface area contributed by atoms with Crippen LogP contribution in [0.25, 0.3) is 0 Å². The van der Waals surface area contributed by atoms with Crippen LogP contribution in [-0.2, 0) is 0 Å².